The summed E-state index contributed by atoms with van der Waals surface area (Å²) in [6, 6.07) is 12.6. The van der Waals surface area contributed by atoms with Crippen LogP contribution in [0.15, 0.2) is 48.5 Å². The summed E-state index contributed by atoms with van der Waals surface area (Å²) in [5.41, 5.74) is -0.0436. The van der Waals surface area contributed by atoms with Gasteiger partial charge in [0.05, 0.1) is 19.9 Å². The van der Waals surface area contributed by atoms with E-state index >= 15 is 0 Å². The summed E-state index contributed by atoms with van der Waals surface area (Å²) in [6.45, 7) is 0. The first-order chi connectivity index (χ1) is 17.4. The van der Waals surface area contributed by atoms with E-state index in [1.165, 1.54) is 37.8 Å². The van der Waals surface area contributed by atoms with Crippen LogP contribution in [-0.4, -0.2) is 26.2 Å². The van der Waals surface area contributed by atoms with E-state index in [1.54, 1.807) is 32.4 Å². The third-order valence-corrected chi connectivity index (χ3v) is 7.46. The molecule has 0 heterocycles. The Labute approximate surface area is 208 Å². The molecule has 2 N–H and O–H groups in total. The summed E-state index contributed by atoms with van der Waals surface area (Å²) in [5, 5.41) is 6.40. The van der Waals surface area contributed by atoms with E-state index in [0.29, 0.717) is 41.4 Å². The number of urea groups is 1. The molecule has 7 nitrogen and oxygen atoms in total. The van der Waals surface area contributed by atoms with Gasteiger partial charge in [0.15, 0.2) is 11.5 Å². The Bertz CT molecular complexity index is 1290. The molecule has 0 spiro atoms. The lowest BCUT2D eigenvalue weighted by Gasteiger charge is -2.15. The second-order valence-corrected chi connectivity index (χ2v) is 9.47. The number of nitrogens with one attached hydrogen (secondary N) is 2. The van der Waals surface area contributed by atoms with Crippen LogP contribution in [0.25, 0.3) is 10.8 Å². The SMILES string of the molecule is COc1cc2cccc(Oc3ccc(NC(=O)NC(=O)CC4C5CCC4CC5)c(F)c3)c2cc1OC. The Morgan fingerprint density at radius 3 is 2.28 bits per heavy atom. The van der Waals surface area contributed by atoms with Crippen molar-refractivity contribution in [3.05, 3.63) is 54.3 Å². The van der Waals surface area contributed by atoms with Gasteiger partial charge in [-0.25, -0.2) is 9.18 Å². The lowest BCUT2D eigenvalue weighted by molar-refractivity contribution is -0.121. The third kappa shape index (κ3) is 4.80. The predicted octanol–water partition coefficient (Wildman–Crippen LogP) is 6.26. The Morgan fingerprint density at radius 1 is 0.917 bits per heavy atom. The summed E-state index contributed by atoms with van der Waals surface area (Å²) in [6.07, 6.45) is 5.05. The lowest BCUT2D eigenvalue weighted by atomic mass is 9.94. The number of rotatable bonds is 7. The fraction of sp³-hybridized carbons (Fsp3) is 0.357. The maximum atomic E-state index is 14.8. The number of imide groups is 1. The molecule has 0 aliphatic heterocycles. The lowest BCUT2D eigenvalue weighted by Crippen LogP contribution is -2.36. The van der Waals surface area contributed by atoms with Gasteiger partial charge in [-0.3, -0.25) is 10.1 Å². The molecular weight excluding hydrogens is 463 g/mol. The Morgan fingerprint density at radius 2 is 1.61 bits per heavy atom. The van der Waals surface area contributed by atoms with Crippen molar-refractivity contribution < 1.29 is 28.2 Å². The van der Waals surface area contributed by atoms with Gasteiger partial charge in [-0.1, -0.05) is 12.1 Å². The quantitative estimate of drug-likeness (QED) is 0.406. The van der Waals surface area contributed by atoms with Gasteiger partial charge in [-0.15, -0.1) is 0 Å². The average molecular weight is 493 g/mol. The topological polar surface area (TPSA) is 85.9 Å². The van der Waals surface area contributed by atoms with Crippen LogP contribution in [0.5, 0.6) is 23.0 Å². The van der Waals surface area contributed by atoms with Crippen LogP contribution < -0.4 is 24.8 Å². The first-order valence-electron chi connectivity index (χ1n) is 12.2. The van der Waals surface area contributed by atoms with Gasteiger partial charge >= 0.3 is 6.03 Å². The molecule has 188 valence electrons. The number of carbonyl (C=O) groups excluding carboxylic acids is 2. The van der Waals surface area contributed by atoms with Gasteiger partial charge < -0.3 is 19.5 Å². The van der Waals surface area contributed by atoms with Gasteiger partial charge in [0.2, 0.25) is 5.91 Å². The van der Waals surface area contributed by atoms with Crippen LogP contribution in [0, 0.1) is 23.6 Å². The Balaban J connectivity index is 1.24. The van der Waals surface area contributed by atoms with E-state index in [-0.39, 0.29) is 17.3 Å². The molecular formula is C28H29FN2O5. The number of methoxy groups -OCH3 is 2. The zero-order valence-electron chi connectivity index (χ0n) is 20.3. The zero-order valence-corrected chi connectivity index (χ0v) is 20.3. The van der Waals surface area contributed by atoms with Crippen LogP contribution in [-0.2, 0) is 4.79 Å². The summed E-state index contributed by atoms with van der Waals surface area (Å²) >= 11 is 0. The van der Waals surface area contributed by atoms with E-state index in [2.05, 4.69) is 10.6 Å². The first-order valence-corrected chi connectivity index (χ1v) is 12.2. The van der Waals surface area contributed by atoms with Crippen molar-refractivity contribution in [1.29, 1.82) is 0 Å². The zero-order chi connectivity index (χ0) is 25.2. The Kier molecular flexibility index (Phi) is 6.67. The van der Waals surface area contributed by atoms with E-state index < -0.39 is 11.8 Å². The van der Waals surface area contributed by atoms with Gasteiger partial charge in [0, 0.05) is 17.9 Å². The van der Waals surface area contributed by atoms with Crippen LogP contribution in [0.2, 0.25) is 0 Å². The second-order valence-electron chi connectivity index (χ2n) is 9.47. The first kappa shape index (κ1) is 23.9. The van der Waals surface area contributed by atoms with Crippen LogP contribution in [0.1, 0.15) is 32.1 Å². The van der Waals surface area contributed by atoms with Crippen molar-refractivity contribution in [2.24, 2.45) is 17.8 Å². The van der Waals surface area contributed by atoms with Crippen LogP contribution in [0.4, 0.5) is 14.9 Å². The molecule has 8 heteroatoms. The highest BCUT2D eigenvalue weighted by molar-refractivity contribution is 6.01. The molecule has 0 saturated heterocycles. The summed E-state index contributed by atoms with van der Waals surface area (Å²) < 4.78 is 31.5. The van der Waals surface area contributed by atoms with Crippen molar-refractivity contribution >= 4 is 28.4 Å². The fourth-order valence-corrected chi connectivity index (χ4v) is 5.72. The molecule has 3 aromatic carbocycles. The molecule has 36 heavy (non-hydrogen) atoms. The predicted molar refractivity (Wildman–Crippen MR) is 134 cm³/mol. The van der Waals surface area contributed by atoms with Crippen molar-refractivity contribution in [3.63, 3.8) is 0 Å². The fourth-order valence-electron chi connectivity index (χ4n) is 5.72. The second kappa shape index (κ2) is 10.0. The molecule has 0 unspecified atom stereocenters. The number of carbonyl (C=O) groups is 2. The molecule has 2 aliphatic rings. The highest BCUT2D eigenvalue weighted by Crippen LogP contribution is 2.50. The van der Waals surface area contributed by atoms with E-state index in [0.717, 1.165) is 10.8 Å². The molecule has 0 radical (unpaired) electrons. The summed E-state index contributed by atoms with van der Waals surface area (Å²) in [4.78, 5) is 24.7. The minimum absolute atomic E-state index is 0.0436. The maximum Gasteiger partial charge on any atom is 0.325 e. The minimum atomic E-state index is -0.743. The van der Waals surface area contributed by atoms with Gasteiger partial charge in [0.1, 0.15) is 17.3 Å². The monoisotopic (exact) mass is 492 g/mol. The highest BCUT2D eigenvalue weighted by Gasteiger charge is 2.42. The van der Waals surface area contributed by atoms with E-state index in [4.69, 9.17) is 14.2 Å². The third-order valence-electron chi connectivity index (χ3n) is 7.46. The summed E-state index contributed by atoms with van der Waals surface area (Å²) in [5.74, 6) is 2.47. The standard InChI is InChI=1S/C28H29FN2O5/c1-34-25-12-18-4-3-5-24(21(18)14-26(25)35-2)36-19-10-11-23(22(29)13-19)30-28(33)31-27(32)15-20-16-6-7-17(20)9-8-16/h3-5,10-14,16-17,20H,6-9,15H2,1-2H3,(H2,30,31,32,33). The van der Waals surface area contributed by atoms with Gasteiger partial charge in [0.25, 0.3) is 0 Å². The number of anilines is 1. The smallest absolute Gasteiger partial charge is 0.325 e. The van der Waals surface area contributed by atoms with Crippen LogP contribution in [0.3, 0.4) is 0 Å². The molecule has 2 aliphatic carbocycles. The average Bonchev–Trinajstić information content (AvgIpc) is 3.43. The summed E-state index contributed by atoms with van der Waals surface area (Å²) in [7, 11) is 3.12. The number of hydrogen-bond acceptors (Lipinski definition) is 5. The van der Waals surface area contributed by atoms with Crippen molar-refractivity contribution in [1.82, 2.24) is 5.32 Å². The van der Waals surface area contributed by atoms with Crippen molar-refractivity contribution in [2.45, 2.75) is 32.1 Å². The number of halogens is 1. The highest BCUT2D eigenvalue weighted by atomic mass is 19.1. The van der Waals surface area contributed by atoms with E-state index in [9.17, 15) is 14.0 Å². The van der Waals surface area contributed by atoms with Crippen LogP contribution >= 0.6 is 0 Å². The molecule has 2 fully saturated rings. The molecule has 0 atom stereocenters. The number of amides is 3. The van der Waals surface area contributed by atoms with Crippen molar-refractivity contribution in [2.75, 3.05) is 19.5 Å². The number of benzene rings is 3. The molecule has 3 aromatic rings. The maximum absolute atomic E-state index is 14.8. The Hall–Kier alpha value is -3.81. The van der Waals surface area contributed by atoms with E-state index in [1.807, 2.05) is 18.2 Å². The molecule has 2 saturated carbocycles. The molecule has 2 bridgehead atoms. The normalized spacial score (nSPS) is 20.2. The van der Waals surface area contributed by atoms with Gasteiger partial charge in [-0.05, 0) is 79.2 Å². The molecule has 5 rings (SSSR count). The molecule has 3 amide bonds. The molecule has 0 aromatic heterocycles. The van der Waals surface area contributed by atoms with Crippen molar-refractivity contribution in [3.8, 4) is 23.0 Å². The number of ether oxygens (including phenoxy) is 3. The largest absolute Gasteiger partial charge is 0.493 e. The minimum Gasteiger partial charge on any atom is -0.493 e. The van der Waals surface area contributed by atoms with Gasteiger partial charge in [-0.2, -0.15) is 0 Å². The number of hydrogen-bond donors (Lipinski definition) is 2. The number of fused-ring (bicyclic) bond motifs is 3.